The molecule has 0 aliphatic carbocycles. The molecule has 1 aromatic heterocycles. The molecule has 120 valence electrons. The Morgan fingerprint density at radius 1 is 1.32 bits per heavy atom. The molecule has 2 unspecified atom stereocenters. The third kappa shape index (κ3) is 4.06. The van der Waals surface area contributed by atoms with Gasteiger partial charge in [0.2, 0.25) is 0 Å². The van der Waals surface area contributed by atoms with Gasteiger partial charge in [0.15, 0.2) is 0 Å². The molecule has 0 saturated carbocycles. The second-order valence-electron chi connectivity index (χ2n) is 5.67. The number of aliphatic hydroxyl groups excluding tert-OH is 1. The highest BCUT2D eigenvalue weighted by Crippen LogP contribution is 2.21. The summed E-state index contributed by atoms with van der Waals surface area (Å²) in [6.07, 6.45) is 3.00. The molecule has 0 saturated heterocycles. The fraction of sp³-hybridized carbons (Fsp3) is 0.438. The second kappa shape index (κ2) is 7.22. The highest BCUT2D eigenvalue weighted by molar-refractivity contribution is 6.30. The predicted molar refractivity (Wildman–Crippen MR) is 85.4 cm³/mol. The Morgan fingerprint density at radius 2 is 2.05 bits per heavy atom. The maximum absolute atomic E-state index is 13.4. The van der Waals surface area contributed by atoms with Gasteiger partial charge in [-0.1, -0.05) is 17.7 Å². The van der Waals surface area contributed by atoms with Crippen LogP contribution in [0.4, 0.5) is 4.39 Å². The van der Waals surface area contributed by atoms with Crippen LogP contribution in [0.15, 0.2) is 30.6 Å². The zero-order valence-electron chi connectivity index (χ0n) is 12.9. The quantitative estimate of drug-likeness (QED) is 0.852. The van der Waals surface area contributed by atoms with Gasteiger partial charge in [-0.3, -0.25) is 4.68 Å². The number of nitrogens with one attached hydrogen (secondary N) is 1. The minimum Gasteiger partial charge on any atom is -0.387 e. The Morgan fingerprint density at radius 3 is 2.64 bits per heavy atom. The highest BCUT2D eigenvalue weighted by atomic mass is 35.5. The van der Waals surface area contributed by atoms with Crippen LogP contribution in [0, 0.1) is 5.82 Å². The first-order valence-electron chi connectivity index (χ1n) is 7.29. The van der Waals surface area contributed by atoms with Crippen LogP contribution in [0.25, 0.3) is 0 Å². The predicted octanol–water partition coefficient (Wildman–Crippen LogP) is 3.64. The van der Waals surface area contributed by atoms with Crippen molar-refractivity contribution in [2.45, 2.75) is 39.0 Å². The van der Waals surface area contributed by atoms with Crippen LogP contribution in [0.5, 0.6) is 0 Å². The van der Waals surface area contributed by atoms with Gasteiger partial charge in [0, 0.05) is 30.4 Å². The number of halogens is 2. The van der Waals surface area contributed by atoms with Gasteiger partial charge >= 0.3 is 0 Å². The van der Waals surface area contributed by atoms with Gasteiger partial charge in [0.05, 0.1) is 17.3 Å². The van der Waals surface area contributed by atoms with E-state index in [1.807, 2.05) is 24.0 Å². The summed E-state index contributed by atoms with van der Waals surface area (Å²) >= 11 is 5.64. The van der Waals surface area contributed by atoms with Crippen molar-refractivity contribution in [1.82, 2.24) is 15.1 Å². The fourth-order valence-corrected chi connectivity index (χ4v) is 2.22. The summed E-state index contributed by atoms with van der Waals surface area (Å²) < 4.78 is 15.3. The molecule has 0 radical (unpaired) electrons. The van der Waals surface area contributed by atoms with E-state index in [2.05, 4.69) is 24.3 Å². The normalized spacial score (nSPS) is 14.3. The van der Waals surface area contributed by atoms with E-state index in [0.717, 1.165) is 5.56 Å². The number of aromatic nitrogens is 2. The molecule has 0 aliphatic heterocycles. The molecule has 0 amide bonds. The molecule has 0 spiro atoms. The molecule has 1 heterocycles. The van der Waals surface area contributed by atoms with Crippen molar-refractivity contribution in [3.63, 3.8) is 0 Å². The minimum absolute atomic E-state index is 0.0410. The van der Waals surface area contributed by atoms with Crippen LogP contribution in [0.1, 0.15) is 50.1 Å². The van der Waals surface area contributed by atoms with Crippen molar-refractivity contribution >= 4 is 11.6 Å². The van der Waals surface area contributed by atoms with E-state index in [0.29, 0.717) is 18.2 Å². The topological polar surface area (TPSA) is 50.1 Å². The Bertz CT molecular complexity index is 630. The summed E-state index contributed by atoms with van der Waals surface area (Å²) in [5, 5.41) is 17.7. The number of benzene rings is 1. The first-order chi connectivity index (χ1) is 10.4. The van der Waals surface area contributed by atoms with Gasteiger partial charge in [0.25, 0.3) is 0 Å². The standard InChI is InChI=1S/C16H21ClFN3O/c1-10(2)21-9-13(7-20-21)11(3)19-8-16(22)12-4-5-14(17)15(18)6-12/h4-7,9-11,16,19,22H,8H2,1-3H3. The third-order valence-corrected chi connectivity index (χ3v) is 3.90. The van der Waals surface area contributed by atoms with Crippen molar-refractivity contribution in [3.05, 3.63) is 52.6 Å². The number of aliphatic hydroxyl groups is 1. The molecular weight excluding hydrogens is 305 g/mol. The molecule has 6 heteroatoms. The molecule has 22 heavy (non-hydrogen) atoms. The first-order valence-corrected chi connectivity index (χ1v) is 7.66. The molecule has 2 N–H and O–H groups in total. The molecule has 2 rings (SSSR count). The Kier molecular flexibility index (Phi) is 5.56. The summed E-state index contributed by atoms with van der Waals surface area (Å²) in [4.78, 5) is 0. The lowest BCUT2D eigenvalue weighted by Gasteiger charge is -2.17. The van der Waals surface area contributed by atoms with Crippen LogP contribution in [0.2, 0.25) is 5.02 Å². The molecule has 1 aromatic carbocycles. The van der Waals surface area contributed by atoms with E-state index in [-0.39, 0.29) is 11.1 Å². The average molecular weight is 326 g/mol. The third-order valence-electron chi connectivity index (χ3n) is 3.60. The van der Waals surface area contributed by atoms with Crippen LogP contribution in [0.3, 0.4) is 0 Å². The van der Waals surface area contributed by atoms with E-state index in [1.54, 1.807) is 6.07 Å². The average Bonchev–Trinajstić information content (AvgIpc) is 2.97. The molecule has 0 aliphatic rings. The molecule has 0 fully saturated rings. The molecular formula is C16H21ClFN3O. The smallest absolute Gasteiger partial charge is 0.142 e. The second-order valence-corrected chi connectivity index (χ2v) is 6.07. The lowest BCUT2D eigenvalue weighted by molar-refractivity contribution is 0.170. The number of nitrogens with zero attached hydrogens (tertiary/aromatic N) is 2. The van der Waals surface area contributed by atoms with E-state index in [1.165, 1.54) is 12.1 Å². The maximum Gasteiger partial charge on any atom is 0.142 e. The Balaban J connectivity index is 1.94. The van der Waals surface area contributed by atoms with Gasteiger partial charge in [-0.05, 0) is 38.5 Å². The van der Waals surface area contributed by atoms with Gasteiger partial charge < -0.3 is 10.4 Å². The molecule has 2 aromatic rings. The first kappa shape index (κ1) is 16.9. The number of rotatable bonds is 6. The van der Waals surface area contributed by atoms with E-state index in [4.69, 9.17) is 11.6 Å². The van der Waals surface area contributed by atoms with Crippen molar-refractivity contribution in [1.29, 1.82) is 0 Å². The van der Waals surface area contributed by atoms with Gasteiger partial charge in [-0.2, -0.15) is 5.10 Å². The van der Waals surface area contributed by atoms with E-state index >= 15 is 0 Å². The summed E-state index contributed by atoms with van der Waals surface area (Å²) in [7, 11) is 0. The number of hydrogen-bond acceptors (Lipinski definition) is 3. The monoisotopic (exact) mass is 325 g/mol. The zero-order chi connectivity index (χ0) is 16.3. The number of hydrogen-bond donors (Lipinski definition) is 2. The van der Waals surface area contributed by atoms with Crippen molar-refractivity contribution in [2.75, 3.05) is 6.54 Å². The summed E-state index contributed by atoms with van der Waals surface area (Å²) in [6.45, 7) is 6.44. The van der Waals surface area contributed by atoms with Crippen molar-refractivity contribution in [3.8, 4) is 0 Å². The van der Waals surface area contributed by atoms with E-state index < -0.39 is 11.9 Å². The molecule has 0 bridgehead atoms. The summed E-state index contributed by atoms with van der Waals surface area (Å²) in [5.74, 6) is -0.524. The lowest BCUT2D eigenvalue weighted by Crippen LogP contribution is -2.24. The van der Waals surface area contributed by atoms with E-state index in [9.17, 15) is 9.50 Å². The van der Waals surface area contributed by atoms with Gasteiger partial charge in [-0.25, -0.2) is 4.39 Å². The summed E-state index contributed by atoms with van der Waals surface area (Å²) in [5.41, 5.74) is 1.54. The zero-order valence-corrected chi connectivity index (χ0v) is 13.7. The van der Waals surface area contributed by atoms with Crippen LogP contribution in [-0.2, 0) is 0 Å². The maximum atomic E-state index is 13.4. The largest absolute Gasteiger partial charge is 0.387 e. The molecule has 2 atom stereocenters. The van der Waals surface area contributed by atoms with Crippen LogP contribution in [-0.4, -0.2) is 21.4 Å². The minimum atomic E-state index is -0.797. The summed E-state index contributed by atoms with van der Waals surface area (Å²) in [6, 6.07) is 4.68. The fourth-order valence-electron chi connectivity index (χ4n) is 2.10. The van der Waals surface area contributed by atoms with Crippen LogP contribution >= 0.6 is 11.6 Å². The van der Waals surface area contributed by atoms with Crippen molar-refractivity contribution < 1.29 is 9.50 Å². The van der Waals surface area contributed by atoms with Gasteiger partial charge in [-0.15, -0.1) is 0 Å². The van der Waals surface area contributed by atoms with Crippen LogP contribution < -0.4 is 5.32 Å². The molecule has 4 nitrogen and oxygen atoms in total. The van der Waals surface area contributed by atoms with Gasteiger partial charge in [0.1, 0.15) is 5.82 Å². The highest BCUT2D eigenvalue weighted by Gasteiger charge is 2.14. The Labute approximate surface area is 134 Å². The lowest BCUT2D eigenvalue weighted by atomic mass is 10.1. The van der Waals surface area contributed by atoms with Crippen molar-refractivity contribution in [2.24, 2.45) is 0 Å². The SMILES string of the molecule is CC(NCC(O)c1ccc(Cl)c(F)c1)c1cnn(C(C)C)c1. The Hall–Kier alpha value is -1.43.